The second-order valence-electron chi connectivity index (χ2n) is 3.96. The maximum absolute atomic E-state index is 5.92. The molecule has 0 aliphatic rings. The summed E-state index contributed by atoms with van der Waals surface area (Å²) < 4.78 is 6.95. The molecule has 0 radical (unpaired) electrons. The fraction of sp³-hybridized carbons (Fsp3) is 0.400. The van der Waals surface area contributed by atoms with Crippen molar-refractivity contribution in [3.63, 3.8) is 0 Å². The molecule has 13 heavy (non-hydrogen) atoms. The number of hydrogen-bond donors (Lipinski definition) is 0. The van der Waals surface area contributed by atoms with E-state index >= 15 is 0 Å². The van der Waals surface area contributed by atoms with Crippen LogP contribution in [0.1, 0.15) is 20.8 Å². The lowest BCUT2D eigenvalue weighted by molar-refractivity contribution is 0.132. The van der Waals surface area contributed by atoms with E-state index in [1.165, 1.54) is 3.69 Å². The molecule has 0 heterocycles. The quantitative estimate of drug-likeness (QED) is 0.679. The van der Waals surface area contributed by atoms with Gasteiger partial charge in [-0.2, -0.15) is 0 Å². The van der Waals surface area contributed by atoms with Crippen LogP contribution in [0.15, 0.2) is 24.3 Å². The molecule has 0 bridgehead atoms. The molecule has 0 N–H and O–H groups in total. The number of ether oxygens (including phenoxy) is 1. The number of benzene rings is 1. The van der Waals surface area contributed by atoms with Crippen LogP contribution in [0.5, 0.6) is 5.75 Å². The molecular formula is C10H13ClMgO. The minimum Gasteiger partial charge on any atom is -0.490 e. The van der Waals surface area contributed by atoms with Crippen molar-refractivity contribution in [2.45, 2.75) is 26.4 Å². The zero-order chi connectivity index (χ0) is 9.90. The minimum absolute atomic E-state index is 0.142. The van der Waals surface area contributed by atoms with Gasteiger partial charge in [-0.05, 0) is 26.8 Å². The van der Waals surface area contributed by atoms with Crippen molar-refractivity contribution in [3.05, 3.63) is 24.3 Å². The van der Waals surface area contributed by atoms with Gasteiger partial charge in [-0.3, -0.25) is 0 Å². The highest BCUT2D eigenvalue weighted by Crippen LogP contribution is 2.15. The SMILES string of the molecule is CC(C)(C)Oc1cccc[c]1[Mg][Cl]. The van der Waals surface area contributed by atoms with Gasteiger partial charge in [-0.15, -0.1) is 3.69 Å². The first-order chi connectivity index (χ1) is 6.03. The van der Waals surface area contributed by atoms with E-state index in [9.17, 15) is 0 Å². The summed E-state index contributed by atoms with van der Waals surface area (Å²) in [6.07, 6.45) is 0. The monoisotopic (exact) mass is 208 g/mol. The Kier molecular flexibility index (Phi) is 3.89. The fourth-order valence-electron chi connectivity index (χ4n) is 1.04. The van der Waals surface area contributed by atoms with E-state index in [-0.39, 0.29) is 5.60 Å². The molecule has 0 fully saturated rings. The molecule has 3 heteroatoms. The van der Waals surface area contributed by atoms with Crippen molar-refractivity contribution >= 4 is 32.0 Å². The summed E-state index contributed by atoms with van der Waals surface area (Å²) in [5.74, 6) is 0.941. The average Bonchev–Trinajstić information content (AvgIpc) is 2.02. The molecule has 0 saturated heterocycles. The molecule has 0 amide bonds. The van der Waals surface area contributed by atoms with E-state index < -0.39 is 19.3 Å². The molecule has 68 valence electrons. The Labute approximate surface area is 92.9 Å². The van der Waals surface area contributed by atoms with Crippen LogP contribution in [0.4, 0.5) is 0 Å². The minimum atomic E-state index is -0.659. The van der Waals surface area contributed by atoms with Crippen LogP contribution in [0.3, 0.4) is 0 Å². The van der Waals surface area contributed by atoms with Gasteiger partial charge in [0.1, 0.15) is 5.60 Å². The third-order valence-electron chi connectivity index (χ3n) is 1.53. The molecule has 1 rings (SSSR count). The van der Waals surface area contributed by atoms with Crippen LogP contribution >= 0.6 is 9.07 Å². The molecule has 1 nitrogen and oxygen atoms in total. The van der Waals surface area contributed by atoms with E-state index in [1.807, 2.05) is 45.0 Å². The van der Waals surface area contributed by atoms with Crippen LogP contribution in [-0.4, -0.2) is 24.9 Å². The van der Waals surface area contributed by atoms with Gasteiger partial charge in [-0.25, -0.2) is 0 Å². The summed E-state index contributed by atoms with van der Waals surface area (Å²) in [7, 11) is 5.92. The van der Waals surface area contributed by atoms with Gasteiger partial charge in [0.25, 0.3) is 0 Å². The van der Waals surface area contributed by atoms with E-state index in [0.717, 1.165) is 5.75 Å². The Morgan fingerprint density at radius 2 is 1.85 bits per heavy atom. The molecule has 0 aliphatic carbocycles. The van der Waals surface area contributed by atoms with Gasteiger partial charge in [0.05, 0.1) is 5.75 Å². The van der Waals surface area contributed by atoms with Gasteiger partial charge in [-0.1, -0.05) is 18.2 Å². The number of rotatable bonds is 2. The summed E-state index contributed by atoms with van der Waals surface area (Å²) in [4.78, 5) is 0. The van der Waals surface area contributed by atoms with Crippen molar-refractivity contribution in [1.29, 1.82) is 0 Å². The molecule has 0 atom stereocenters. The molecule has 1 aromatic rings. The Morgan fingerprint density at radius 3 is 2.38 bits per heavy atom. The van der Waals surface area contributed by atoms with Crippen LogP contribution < -0.4 is 8.43 Å². The first kappa shape index (κ1) is 11.2. The molecular weight excluding hydrogens is 196 g/mol. The second kappa shape index (κ2) is 4.53. The molecule has 0 aromatic heterocycles. The van der Waals surface area contributed by atoms with Gasteiger partial charge in [0.15, 0.2) is 0 Å². The van der Waals surface area contributed by atoms with Crippen LogP contribution in [0, 0.1) is 0 Å². The molecule has 1 aromatic carbocycles. The van der Waals surface area contributed by atoms with E-state index in [4.69, 9.17) is 13.8 Å². The molecule has 0 saturated carbocycles. The van der Waals surface area contributed by atoms with Gasteiger partial charge in [0.2, 0.25) is 0 Å². The standard InChI is InChI=1S/C10H13O.ClH.Mg/c1-10(2,3)11-9-7-5-4-6-8-9;;/h4-7H,1-3H3;1H;/q;;+1/p-1. The van der Waals surface area contributed by atoms with Crippen molar-refractivity contribution in [1.82, 2.24) is 0 Å². The van der Waals surface area contributed by atoms with Gasteiger partial charge >= 0.3 is 19.3 Å². The summed E-state index contributed by atoms with van der Waals surface area (Å²) in [6, 6.07) is 8.00. The summed E-state index contributed by atoms with van der Waals surface area (Å²) in [5.41, 5.74) is -0.142. The molecule has 0 spiro atoms. The highest BCUT2D eigenvalue weighted by molar-refractivity contribution is 7.01. The maximum atomic E-state index is 5.92. The van der Waals surface area contributed by atoms with Crippen molar-refractivity contribution in [2.24, 2.45) is 0 Å². The fourth-order valence-corrected chi connectivity index (χ4v) is 2.25. The van der Waals surface area contributed by atoms with Crippen molar-refractivity contribution < 1.29 is 4.74 Å². The Balaban J connectivity index is 2.87. The molecule has 0 aliphatic heterocycles. The Hall–Kier alpha value is 0.0762. The first-order valence-electron chi connectivity index (χ1n) is 4.36. The predicted octanol–water partition coefficient (Wildman–Crippen LogP) is 2.35. The van der Waals surface area contributed by atoms with Crippen LogP contribution in [0.25, 0.3) is 0 Å². The Bertz CT molecular complexity index is 280. The lowest BCUT2D eigenvalue weighted by Crippen LogP contribution is -2.27. The van der Waals surface area contributed by atoms with Crippen molar-refractivity contribution in [2.75, 3.05) is 0 Å². The normalized spacial score (nSPS) is 10.8. The maximum Gasteiger partial charge on any atom is 0.543 e. The largest absolute Gasteiger partial charge is 0.543 e. The zero-order valence-electron chi connectivity index (χ0n) is 8.30. The van der Waals surface area contributed by atoms with Gasteiger partial charge < -0.3 is 13.8 Å². The summed E-state index contributed by atoms with van der Waals surface area (Å²) >= 11 is -0.659. The topological polar surface area (TPSA) is 9.23 Å². The number of halogens is 1. The molecule has 0 unspecified atom stereocenters. The lowest BCUT2D eigenvalue weighted by Gasteiger charge is -2.23. The average molecular weight is 209 g/mol. The highest BCUT2D eigenvalue weighted by Gasteiger charge is 2.13. The highest BCUT2D eigenvalue weighted by atomic mass is 35.5. The van der Waals surface area contributed by atoms with Crippen molar-refractivity contribution in [3.8, 4) is 5.75 Å². The third kappa shape index (κ3) is 3.75. The van der Waals surface area contributed by atoms with E-state index in [0.29, 0.717) is 0 Å². The number of hydrogen-bond acceptors (Lipinski definition) is 1. The first-order valence-corrected chi connectivity index (χ1v) is 7.20. The predicted molar refractivity (Wildman–Crippen MR) is 58.1 cm³/mol. The summed E-state index contributed by atoms with van der Waals surface area (Å²) in [5, 5.41) is 0. The summed E-state index contributed by atoms with van der Waals surface area (Å²) in [6.45, 7) is 6.12. The second-order valence-corrected chi connectivity index (χ2v) is 5.79. The van der Waals surface area contributed by atoms with Gasteiger partial charge in [0, 0.05) is 0 Å². The third-order valence-corrected chi connectivity index (χ3v) is 3.27. The van der Waals surface area contributed by atoms with E-state index in [2.05, 4.69) is 0 Å². The van der Waals surface area contributed by atoms with Crippen LogP contribution in [-0.2, 0) is 0 Å². The van der Waals surface area contributed by atoms with E-state index in [1.54, 1.807) is 0 Å². The zero-order valence-corrected chi connectivity index (χ0v) is 10.5. The Morgan fingerprint density at radius 1 is 1.23 bits per heavy atom. The lowest BCUT2D eigenvalue weighted by atomic mass is 10.2. The van der Waals surface area contributed by atoms with Crippen LogP contribution in [0.2, 0.25) is 0 Å². The number of para-hydroxylation sites is 1. The smallest absolute Gasteiger partial charge is 0.490 e.